The molecule has 0 atom stereocenters. The summed E-state index contributed by atoms with van der Waals surface area (Å²) in [6.45, 7) is 0. The number of benzene rings is 2. The highest BCUT2D eigenvalue weighted by molar-refractivity contribution is 7.82. The van der Waals surface area contributed by atoms with Crippen molar-refractivity contribution in [2.24, 2.45) is 0 Å². The average molecular weight is 366 g/mol. The lowest BCUT2D eigenvalue weighted by atomic mass is 10.2. The fourth-order valence-electron chi connectivity index (χ4n) is 1.66. The van der Waals surface area contributed by atoms with Gasteiger partial charge in [0.2, 0.25) is 0 Å². The fraction of sp³-hybridized carbons (Fsp3) is 0. The van der Waals surface area contributed by atoms with Gasteiger partial charge in [0.05, 0.1) is 0 Å². The van der Waals surface area contributed by atoms with Crippen LogP contribution in [0.3, 0.4) is 0 Å². The first-order valence-corrected chi connectivity index (χ1v) is 8.09. The summed E-state index contributed by atoms with van der Waals surface area (Å²) in [6.07, 6.45) is 4.15. The lowest BCUT2D eigenvalue weighted by Gasteiger charge is -2.02. The van der Waals surface area contributed by atoms with Crippen LogP contribution in [0.15, 0.2) is 48.9 Å². The quantitative estimate of drug-likeness (QED) is 0.452. The molecule has 0 amide bonds. The van der Waals surface area contributed by atoms with Gasteiger partial charge in [-0.3, -0.25) is 0 Å². The number of hydrogen-bond donors (Lipinski definition) is 4. The zero-order chi connectivity index (χ0) is 18.4. The van der Waals surface area contributed by atoms with Crippen molar-refractivity contribution in [3.8, 4) is 23.0 Å². The van der Waals surface area contributed by atoms with Crippen LogP contribution in [0.25, 0.3) is 12.2 Å². The highest BCUT2D eigenvalue weighted by atomic mass is 32.3. The molecule has 0 aromatic heterocycles. The first-order valence-electron chi connectivity index (χ1n) is 6.75. The van der Waals surface area contributed by atoms with Crippen LogP contribution in [-0.2, 0) is 18.8 Å². The molecule has 0 unspecified atom stereocenters. The molecule has 0 aliphatic carbocycles. The van der Waals surface area contributed by atoms with Gasteiger partial charge >= 0.3 is 10.4 Å². The topological polar surface area (TPSA) is 134 Å². The van der Waals surface area contributed by atoms with Crippen LogP contribution in [-0.4, -0.2) is 28.8 Å². The molecular weight excluding hydrogens is 352 g/mol. The van der Waals surface area contributed by atoms with Gasteiger partial charge in [0.15, 0.2) is 23.0 Å². The summed E-state index contributed by atoms with van der Waals surface area (Å²) in [5, 5.41) is 36.9. The van der Waals surface area contributed by atoms with Gasteiger partial charge in [0, 0.05) is 0 Å². The summed E-state index contributed by atoms with van der Waals surface area (Å²) in [6, 6.07) is 7.74. The van der Waals surface area contributed by atoms with Gasteiger partial charge in [0.25, 0.3) is 0 Å². The van der Waals surface area contributed by atoms with E-state index in [1.54, 1.807) is 0 Å². The molecule has 0 radical (unpaired) electrons. The van der Waals surface area contributed by atoms with E-state index in [2.05, 4.69) is 8.37 Å². The molecule has 0 spiro atoms. The van der Waals surface area contributed by atoms with Crippen LogP contribution in [0.2, 0.25) is 0 Å². The molecule has 0 saturated heterocycles. The number of phenols is 4. The molecule has 9 heteroatoms. The SMILES string of the molecule is O=S(=O)(O/C=C/c1ccc(O)c(O)c1)O/C=C/c1ccc(O)c(O)c1. The molecule has 0 bridgehead atoms. The Hall–Kier alpha value is -3.33. The maximum Gasteiger partial charge on any atom is 0.499 e. The predicted molar refractivity (Wildman–Crippen MR) is 88.7 cm³/mol. The number of phenolic OH excluding ortho intramolecular Hbond substituents is 4. The van der Waals surface area contributed by atoms with Crippen molar-refractivity contribution >= 4 is 22.6 Å². The zero-order valence-electron chi connectivity index (χ0n) is 12.6. The minimum Gasteiger partial charge on any atom is -0.504 e. The Balaban J connectivity index is 1.94. The standard InChI is InChI=1S/C16H14O8S/c17-13-3-1-11(9-15(13)19)5-7-23-25(21,22)24-8-6-12-2-4-14(18)16(20)10-12/h1-10,17-20H/b7-5+,8-6+. The first-order chi connectivity index (χ1) is 11.8. The van der Waals surface area contributed by atoms with E-state index in [0.717, 1.165) is 12.5 Å². The summed E-state index contributed by atoms with van der Waals surface area (Å²) in [5.41, 5.74) is 0.779. The second-order valence-corrected chi connectivity index (χ2v) is 5.90. The lowest BCUT2D eigenvalue weighted by molar-refractivity contribution is 0.338. The van der Waals surface area contributed by atoms with Crippen molar-refractivity contribution < 1.29 is 37.2 Å². The molecule has 2 aromatic rings. The van der Waals surface area contributed by atoms with Crippen LogP contribution >= 0.6 is 0 Å². The largest absolute Gasteiger partial charge is 0.504 e. The zero-order valence-corrected chi connectivity index (χ0v) is 13.4. The Morgan fingerprint density at radius 2 is 1.08 bits per heavy atom. The van der Waals surface area contributed by atoms with Crippen molar-refractivity contribution in [1.82, 2.24) is 0 Å². The Morgan fingerprint density at radius 3 is 1.44 bits per heavy atom. The highest BCUT2D eigenvalue weighted by Crippen LogP contribution is 2.26. The van der Waals surface area contributed by atoms with E-state index >= 15 is 0 Å². The highest BCUT2D eigenvalue weighted by Gasteiger charge is 2.08. The molecule has 25 heavy (non-hydrogen) atoms. The van der Waals surface area contributed by atoms with E-state index < -0.39 is 10.4 Å². The van der Waals surface area contributed by atoms with E-state index in [4.69, 9.17) is 10.2 Å². The van der Waals surface area contributed by atoms with Crippen molar-refractivity contribution in [3.05, 3.63) is 60.0 Å². The van der Waals surface area contributed by atoms with Gasteiger partial charge in [-0.25, -0.2) is 0 Å². The Bertz CT molecular complexity index is 846. The molecule has 4 N–H and O–H groups in total. The molecule has 0 fully saturated rings. The third kappa shape index (κ3) is 5.36. The van der Waals surface area contributed by atoms with Crippen molar-refractivity contribution in [3.63, 3.8) is 0 Å². The molecule has 0 aliphatic rings. The summed E-state index contributed by atoms with van der Waals surface area (Å²) in [4.78, 5) is 0. The number of hydrogen-bond acceptors (Lipinski definition) is 8. The molecule has 2 rings (SSSR count). The minimum atomic E-state index is -4.36. The van der Waals surface area contributed by atoms with Crippen LogP contribution in [0.5, 0.6) is 23.0 Å². The van der Waals surface area contributed by atoms with Crippen molar-refractivity contribution in [2.75, 3.05) is 0 Å². The van der Waals surface area contributed by atoms with Crippen LogP contribution in [0.1, 0.15) is 11.1 Å². The third-order valence-electron chi connectivity index (χ3n) is 2.87. The van der Waals surface area contributed by atoms with Gasteiger partial charge < -0.3 is 28.8 Å². The predicted octanol–water partition coefficient (Wildman–Crippen LogP) is 2.43. The minimum absolute atomic E-state index is 0.306. The average Bonchev–Trinajstić information content (AvgIpc) is 2.54. The Kier molecular flexibility index (Phi) is 5.40. The molecule has 2 aromatic carbocycles. The number of rotatable bonds is 6. The van der Waals surface area contributed by atoms with E-state index in [-0.39, 0.29) is 23.0 Å². The summed E-state index contributed by atoms with van der Waals surface area (Å²) < 4.78 is 32.0. The number of aromatic hydroxyl groups is 4. The lowest BCUT2D eigenvalue weighted by Crippen LogP contribution is -2.02. The first kappa shape index (κ1) is 18.0. The second-order valence-electron chi connectivity index (χ2n) is 4.70. The van der Waals surface area contributed by atoms with Gasteiger partial charge in [-0.2, -0.15) is 0 Å². The fourth-order valence-corrected chi connectivity index (χ4v) is 2.09. The maximum absolute atomic E-state index is 11.5. The molecular formula is C16H14O8S. The molecule has 0 aliphatic heterocycles. The smallest absolute Gasteiger partial charge is 0.499 e. The summed E-state index contributed by atoms with van der Waals surface area (Å²) >= 11 is 0. The third-order valence-corrected chi connectivity index (χ3v) is 3.56. The van der Waals surface area contributed by atoms with E-state index in [1.807, 2.05) is 0 Å². The van der Waals surface area contributed by atoms with Crippen molar-refractivity contribution in [2.45, 2.75) is 0 Å². The van der Waals surface area contributed by atoms with Gasteiger partial charge in [0.1, 0.15) is 12.5 Å². The molecule has 0 heterocycles. The van der Waals surface area contributed by atoms with Crippen LogP contribution < -0.4 is 0 Å². The normalized spacial score (nSPS) is 11.8. The Labute approximate surface area is 143 Å². The second kappa shape index (κ2) is 7.49. The van der Waals surface area contributed by atoms with Crippen LogP contribution in [0, 0.1) is 0 Å². The molecule has 132 valence electrons. The maximum atomic E-state index is 11.5. The van der Waals surface area contributed by atoms with E-state index in [0.29, 0.717) is 11.1 Å². The molecule has 8 nitrogen and oxygen atoms in total. The monoisotopic (exact) mass is 366 g/mol. The Morgan fingerprint density at radius 1 is 0.680 bits per heavy atom. The summed E-state index contributed by atoms with van der Waals surface area (Å²) in [5.74, 6) is -1.33. The molecule has 0 saturated carbocycles. The van der Waals surface area contributed by atoms with Gasteiger partial charge in [-0.05, 0) is 47.5 Å². The van der Waals surface area contributed by atoms with Gasteiger partial charge in [-0.15, -0.1) is 8.42 Å². The van der Waals surface area contributed by atoms with Crippen molar-refractivity contribution in [1.29, 1.82) is 0 Å². The summed E-state index contributed by atoms with van der Waals surface area (Å²) in [7, 11) is -4.36. The van der Waals surface area contributed by atoms with E-state index in [9.17, 15) is 18.6 Å². The van der Waals surface area contributed by atoms with E-state index in [1.165, 1.54) is 48.6 Å². The van der Waals surface area contributed by atoms with Gasteiger partial charge in [-0.1, -0.05) is 12.1 Å². The van der Waals surface area contributed by atoms with Crippen LogP contribution in [0.4, 0.5) is 0 Å².